The summed E-state index contributed by atoms with van der Waals surface area (Å²) in [6, 6.07) is 0. The summed E-state index contributed by atoms with van der Waals surface area (Å²) >= 11 is 0. The zero-order valence-corrected chi connectivity index (χ0v) is 45.5. The van der Waals surface area contributed by atoms with E-state index in [9.17, 15) is 35.1 Å². The first-order chi connectivity index (χ1) is 36.2. The lowest BCUT2D eigenvalue weighted by Gasteiger charge is -2.55. The van der Waals surface area contributed by atoms with Gasteiger partial charge in [-0.3, -0.25) is 9.59 Å². The molecule has 5 N–H and O–H groups in total. The number of esters is 1. The van der Waals surface area contributed by atoms with Gasteiger partial charge in [-0.15, -0.1) is 0 Å². The van der Waals surface area contributed by atoms with Gasteiger partial charge in [-0.1, -0.05) is 34.3 Å². The third-order valence-electron chi connectivity index (χ3n) is 19.6. The molecule has 76 heavy (non-hydrogen) atoms. The Kier molecular flexibility index (Phi) is 16.6. The summed E-state index contributed by atoms with van der Waals surface area (Å²) in [7, 11) is 0. The Balaban J connectivity index is 0.789. The largest absolute Gasteiger partial charge is 0.459 e. The van der Waals surface area contributed by atoms with Crippen molar-refractivity contribution in [2.75, 3.05) is 6.61 Å². The van der Waals surface area contributed by atoms with Gasteiger partial charge in [-0.25, -0.2) is 0 Å². The fourth-order valence-electron chi connectivity index (χ4n) is 15.6. The molecule has 0 saturated carbocycles. The lowest BCUT2D eigenvalue weighted by molar-refractivity contribution is -0.375. The Morgan fingerprint density at radius 3 is 2.01 bits per heavy atom. The number of carbonyl (C=O) groups excluding carboxylic acids is 2. The lowest BCUT2D eigenvalue weighted by atomic mass is 9.77. The van der Waals surface area contributed by atoms with Crippen molar-refractivity contribution in [2.24, 2.45) is 23.7 Å². The van der Waals surface area contributed by atoms with Gasteiger partial charge < -0.3 is 82.4 Å². The van der Waals surface area contributed by atoms with E-state index in [1.165, 1.54) is 0 Å². The number of carbonyl (C=O) groups is 2. The molecule has 0 aliphatic carbocycles. The van der Waals surface area contributed by atoms with Crippen LogP contribution in [0.25, 0.3) is 0 Å². The van der Waals surface area contributed by atoms with Gasteiger partial charge in [0, 0.05) is 70.1 Å². The molecular formula is C57H88O19. The molecule has 0 aromatic carbocycles. The molecule has 0 aromatic rings. The van der Waals surface area contributed by atoms with Crippen LogP contribution >= 0.6 is 0 Å². The standard InChI is InChI=1S/C57H88O19/c1-26-14-34-9-8-29(4)65-30(5)12-13-56-24-38(62)54(76-56)45-21-47(74-56)55-39(68-45)11-10-35(67-55)17-49(63)72-53-32(7)52-43(69-44(53)20-40(66-34)31(26)6)18-36(60)41(70-52)15-33(59)16-42-50(64)27(2)22-57(73-42)23-28(3)51-46(75-57)19-37(61)48(25-58)71-51/h26-30,32,34-48,50-55,58,60-62,64H,6,8-25H2,1-5,7H3/t26-,27+,28+,29-,30-,32+,34+,35-,36-,37-,38-,39+,40-,41-,42+,43+,44+,45-,46+,47?,48-,50+,51+,52+,53-,54?,55+,56-,57-/m1/s1. The Morgan fingerprint density at radius 1 is 0.553 bits per heavy atom. The highest BCUT2D eigenvalue weighted by Gasteiger charge is 2.61. The van der Waals surface area contributed by atoms with E-state index in [4.69, 9.17) is 56.8 Å². The van der Waals surface area contributed by atoms with E-state index in [1.807, 2.05) is 20.8 Å². The van der Waals surface area contributed by atoms with E-state index in [0.717, 1.165) is 24.8 Å². The van der Waals surface area contributed by atoms with Crippen molar-refractivity contribution in [3.8, 4) is 0 Å². The molecule has 11 rings (SSSR count). The quantitative estimate of drug-likeness (QED) is 0.193. The van der Waals surface area contributed by atoms with Crippen LogP contribution in [0, 0.1) is 23.7 Å². The summed E-state index contributed by atoms with van der Waals surface area (Å²) in [4.78, 5) is 28.5. The van der Waals surface area contributed by atoms with Gasteiger partial charge in [-0.2, -0.15) is 0 Å². The first kappa shape index (κ1) is 56.1. The maximum absolute atomic E-state index is 14.4. The Morgan fingerprint density at radius 2 is 1.21 bits per heavy atom. The number of ether oxygens (including phenoxy) is 12. The molecule has 2 unspecified atom stereocenters. The van der Waals surface area contributed by atoms with Crippen molar-refractivity contribution >= 4 is 11.8 Å². The number of aliphatic hydroxyl groups is 5. The second-order valence-electron chi connectivity index (χ2n) is 25.6. The lowest BCUT2D eigenvalue weighted by Crippen LogP contribution is -2.63. The van der Waals surface area contributed by atoms with E-state index < -0.39 is 115 Å². The number of ketones is 1. The molecule has 11 fully saturated rings. The number of hydrogen-bond donors (Lipinski definition) is 5. The van der Waals surface area contributed by atoms with Gasteiger partial charge in [0.25, 0.3) is 0 Å². The number of fused-ring (bicyclic) bond motifs is 9. The Bertz CT molecular complexity index is 2060. The van der Waals surface area contributed by atoms with E-state index in [-0.39, 0.29) is 111 Å². The Hall–Kier alpha value is -1.76. The van der Waals surface area contributed by atoms with Crippen molar-refractivity contribution in [1.29, 1.82) is 0 Å². The molecule has 8 bridgehead atoms. The van der Waals surface area contributed by atoms with E-state index in [0.29, 0.717) is 57.8 Å². The summed E-state index contributed by atoms with van der Waals surface area (Å²) < 4.78 is 79.7. The molecule has 11 aliphatic rings. The highest BCUT2D eigenvalue weighted by molar-refractivity contribution is 5.79. The van der Waals surface area contributed by atoms with E-state index in [2.05, 4.69) is 27.4 Å². The molecule has 11 aliphatic heterocycles. The van der Waals surface area contributed by atoms with Crippen molar-refractivity contribution in [3.05, 3.63) is 12.2 Å². The fraction of sp³-hybridized carbons (Fsp3) is 0.930. The number of rotatable bonds is 5. The minimum atomic E-state index is -1.11. The van der Waals surface area contributed by atoms with Crippen molar-refractivity contribution in [3.63, 3.8) is 0 Å². The van der Waals surface area contributed by atoms with Crippen LogP contribution in [-0.4, -0.2) is 196 Å². The van der Waals surface area contributed by atoms with Crippen LogP contribution in [0.3, 0.4) is 0 Å². The van der Waals surface area contributed by atoms with E-state index >= 15 is 0 Å². The molecule has 11 saturated heterocycles. The van der Waals surface area contributed by atoms with Gasteiger partial charge >= 0.3 is 5.97 Å². The van der Waals surface area contributed by atoms with Crippen molar-refractivity contribution < 1.29 is 92.0 Å². The smallest absolute Gasteiger partial charge is 0.308 e. The van der Waals surface area contributed by atoms with Gasteiger partial charge in [0.15, 0.2) is 11.6 Å². The number of Topliss-reactive ketones (excluding diaryl/α,β-unsaturated/α-hetero) is 1. The van der Waals surface area contributed by atoms with Crippen LogP contribution in [-0.2, 0) is 66.4 Å². The van der Waals surface area contributed by atoms with Gasteiger partial charge in [-0.05, 0) is 75.7 Å². The van der Waals surface area contributed by atoms with Crippen LogP contribution < -0.4 is 0 Å². The van der Waals surface area contributed by atoms with E-state index in [1.54, 1.807) is 0 Å². The molecule has 2 spiro atoms. The third-order valence-corrected chi connectivity index (χ3v) is 19.6. The second-order valence-corrected chi connectivity index (χ2v) is 25.6. The van der Waals surface area contributed by atoms with Gasteiger partial charge in [0.1, 0.15) is 30.2 Å². The summed E-state index contributed by atoms with van der Waals surface area (Å²) in [5.74, 6) is -3.41. The van der Waals surface area contributed by atoms with Crippen LogP contribution in [0.1, 0.15) is 151 Å². The average molecular weight is 1080 g/mol. The molecule has 19 heteroatoms. The summed E-state index contributed by atoms with van der Waals surface area (Å²) in [5.41, 5.74) is 0.955. The van der Waals surface area contributed by atoms with Crippen LogP contribution in [0.4, 0.5) is 0 Å². The molecular weight excluding hydrogens is 989 g/mol. The topological polar surface area (TPSA) is 246 Å². The molecule has 19 nitrogen and oxygen atoms in total. The highest BCUT2D eigenvalue weighted by atomic mass is 16.7. The second kappa shape index (κ2) is 22.5. The predicted molar refractivity (Wildman–Crippen MR) is 267 cm³/mol. The number of hydrogen-bond acceptors (Lipinski definition) is 19. The SMILES string of the molecule is C=C1[C@H](C)C[C@@H]2CC[C@@H](C)O[C@H](C)CC[C@]34C[C@@H](O)C(O3)[C@H]3CC(O4)[C@H]4O[C@H](CC[C@@H]4O3)CC(=O)O[C@@H]3[C@@H](C)[C@@H]4O[C@H](CC(=O)C[C@@H]5O[C@@]6(C[C@H](C)[C@@H]5O)C[C@H](C)[C@@H]5O[C@H](CO)[C@H](O)C[C@@H]5O6)[C@H](O)C[C@@H]4O[C@H]3C[C@H]1O2. The molecule has 11 heterocycles. The van der Waals surface area contributed by atoms with Crippen molar-refractivity contribution in [2.45, 2.75) is 303 Å². The molecule has 0 amide bonds. The molecule has 0 radical (unpaired) electrons. The summed E-state index contributed by atoms with van der Waals surface area (Å²) in [6.07, 6.45) is -5.66. The first-order valence-electron chi connectivity index (χ1n) is 29.3. The molecule has 29 atom stereocenters. The maximum atomic E-state index is 14.4. The minimum Gasteiger partial charge on any atom is -0.459 e. The summed E-state index contributed by atoms with van der Waals surface area (Å²) in [5, 5.41) is 54.9. The molecule has 0 aromatic heterocycles. The normalized spacial score (nSPS) is 54.0. The molecule has 430 valence electrons. The van der Waals surface area contributed by atoms with Crippen LogP contribution in [0.5, 0.6) is 0 Å². The van der Waals surface area contributed by atoms with Crippen LogP contribution in [0.2, 0.25) is 0 Å². The monoisotopic (exact) mass is 1080 g/mol. The highest BCUT2D eigenvalue weighted by Crippen LogP contribution is 2.50. The van der Waals surface area contributed by atoms with Crippen LogP contribution in [0.15, 0.2) is 12.2 Å². The third kappa shape index (κ3) is 11.4. The predicted octanol–water partition coefficient (Wildman–Crippen LogP) is 4.03. The zero-order chi connectivity index (χ0) is 53.5. The maximum Gasteiger partial charge on any atom is 0.308 e. The zero-order valence-electron chi connectivity index (χ0n) is 45.5. The number of aliphatic hydroxyl groups excluding tert-OH is 5. The average Bonchev–Trinajstić information content (AvgIpc) is 3.66. The minimum absolute atomic E-state index is 0.0119. The van der Waals surface area contributed by atoms with Gasteiger partial charge in [0.2, 0.25) is 0 Å². The summed E-state index contributed by atoms with van der Waals surface area (Å²) in [6.45, 7) is 16.5. The van der Waals surface area contributed by atoms with Gasteiger partial charge in [0.05, 0.1) is 129 Å². The fourth-order valence-corrected chi connectivity index (χ4v) is 15.6. The van der Waals surface area contributed by atoms with Crippen molar-refractivity contribution in [1.82, 2.24) is 0 Å². The Labute approximate surface area is 447 Å². The first-order valence-corrected chi connectivity index (χ1v) is 29.3.